The van der Waals surface area contributed by atoms with E-state index < -0.39 is 11.9 Å². The van der Waals surface area contributed by atoms with Crippen molar-refractivity contribution in [2.24, 2.45) is 5.92 Å². The number of rotatable bonds is 4. The maximum absolute atomic E-state index is 11.1. The van der Waals surface area contributed by atoms with Gasteiger partial charge in [0.2, 0.25) is 0 Å². The Labute approximate surface area is 103 Å². The number of carbonyl (C=O) groups is 1. The van der Waals surface area contributed by atoms with E-state index in [1.807, 2.05) is 38.1 Å². The Balaban J connectivity index is 0.00000225. The third-order valence-electron chi connectivity index (χ3n) is 2.68. The Kier molecular flexibility index (Phi) is 6.12. The Morgan fingerprint density at radius 1 is 1.25 bits per heavy atom. The third kappa shape index (κ3) is 3.53. The van der Waals surface area contributed by atoms with E-state index in [4.69, 9.17) is 5.11 Å². The number of carboxylic acid groups (broad SMARTS) is 1. The molecule has 1 rings (SSSR count). The van der Waals surface area contributed by atoms with E-state index in [1.165, 1.54) is 5.56 Å². The molecular formula is C13H19ClO2. The molecule has 0 aromatic heterocycles. The Morgan fingerprint density at radius 3 is 2.06 bits per heavy atom. The number of halogens is 1. The summed E-state index contributed by atoms with van der Waals surface area (Å²) in [6, 6.07) is 7.87. The van der Waals surface area contributed by atoms with E-state index in [9.17, 15) is 4.79 Å². The number of hydrogen-bond acceptors (Lipinski definition) is 1. The minimum Gasteiger partial charge on any atom is -0.481 e. The van der Waals surface area contributed by atoms with Gasteiger partial charge in [-0.2, -0.15) is 0 Å². The summed E-state index contributed by atoms with van der Waals surface area (Å²) in [5.41, 5.74) is 2.14. The van der Waals surface area contributed by atoms with Gasteiger partial charge in [-0.1, -0.05) is 45.0 Å². The molecule has 16 heavy (non-hydrogen) atoms. The van der Waals surface area contributed by atoms with Gasteiger partial charge in [0.05, 0.1) is 5.92 Å². The summed E-state index contributed by atoms with van der Waals surface area (Å²) < 4.78 is 0. The molecule has 1 aromatic carbocycles. The van der Waals surface area contributed by atoms with Gasteiger partial charge in [-0.15, -0.1) is 12.4 Å². The van der Waals surface area contributed by atoms with E-state index >= 15 is 0 Å². The zero-order valence-electron chi connectivity index (χ0n) is 9.93. The van der Waals surface area contributed by atoms with Gasteiger partial charge in [0.25, 0.3) is 0 Å². The first-order chi connectivity index (χ1) is 7.06. The number of aliphatic carboxylic acids is 1. The van der Waals surface area contributed by atoms with E-state index in [-0.39, 0.29) is 18.3 Å². The van der Waals surface area contributed by atoms with E-state index in [1.54, 1.807) is 0 Å². The van der Waals surface area contributed by atoms with Crippen LogP contribution in [0.4, 0.5) is 0 Å². The summed E-state index contributed by atoms with van der Waals surface area (Å²) in [4.78, 5) is 11.1. The number of benzene rings is 1. The van der Waals surface area contributed by atoms with Crippen molar-refractivity contribution in [3.05, 3.63) is 35.4 Å². The molecule has 1 unspecified atom stereocenters. The summed E-state index contributed by atoms with van der Waals surface area (Å²) >= 11 is 0. The Hall–Kier alpha value is -1.02. The number of carboxylic acids is 1. The van der Waals surface area contributed by atoms with Crippen molar-refractivity contribution in [3.8, 4) is 0 Å². The van der Waals surface area contributed by atoms with Crippen LogP contribution in [-0.4, -0.2) is 11.1 Å². The van der Waals surface area contributed by atoms with Crippen LogP contribution < -0.4 is 0 Å². The van der Waals surface area contributed by atoms with Crippen LogP contribution in [0, 0.1) is 5.92 Å². The van der Waals surface area contributed by atoms with Gasteiger partial charge in [0.1, 0.15) is 0 Å². The van der Waals surface area contributed by atoms with Crippen LogP contribution >= 0.6 is 12.4 Å². The Bertz CT molecular complexity index is 330. The zero-order chi connectivity index (χ0) is 11.4. The topological polar surface area (TPSA) is 37.3 Å². The average molecular weight is 243 g/mol. The molecule has 1 N–H and O–H groups in total. The molecule has 1 aromatic rings. The average Bonchev–Trinajstić information content (AvgIpc) is 2.18. The second-order valence-electron chi connectivity index (χ2n) is 4.16. The highest BCUT2D eigenvalue weighted by Gasteiger charge is 2.22. The fourth-order valence-corrected chi connectivity index (χ4v) is 1.77. The number of aryl methyl sites for hydroxylation is 1. The van der Waals surface area contributed by atoms with Crippen molar-refractivity contribution in [2.45, 2.75) is 33.1 Å². The van der Waals surface area contributed by atoms with Crippen molar-refractivity contribution in [2.75, 3.05) is 0 Å². The van der Waals surface area contributed by atoms with Crippen molar-refractivity contribution in [3.63, 3.8) is 0 Å². The molecule has 3 heteroatoms. The molecule has 0 spiro atoms. The van der Waals surface area contributed by atoms with Gasteiger partial charge in [0.15, 0.2) is 0 Å². The lowest BCUT2D eigenvalue weighted by molar-refractivity contribution is -0.139. The maximum atomic E-state index is 11.1. The molecule has 0 radical (unpaired) electrons. The second kappa shape index (κ2) is 6.54. The third-order valence-corrected chi connectivity index (χ3v) is 2.68. The fourth-order valence-electron chi connectivity index (χ4n) is 1.77. The van der Waals surface area contributed by atoms with Gasteiger partial charge in [-0.05, 0) is 23.5 Å². The first kappa shape index (κ1) is 15.0. The smallest absolute Gasteiger partial charge is 0.311 e. The molecule has 0 saturated carbocycles. The van der Waals surface area contributed by atoms with Crippen LogP contribution in [0.1, 0.15) is 37.8 Å². The zero-order valence-corrected chi connectivity index (χ0v) is 10.8. The molecule has 0 heterocycles. The van der Waals surface area contributed by atoms with Gasteiger partial charge < -0.3 is 5.11 Å². The van der Waals surface area contributed by atoms with Crippen LogP contribution in [-0.2, 0) is 11.2 Å². The predicted molar refractivity (Wildman–Crippen MR) is 68.3 cm³/mol. The lowest BCUT2D eigenvalue weighted by atomic mass is 9.88. The molecule has 2 nitrogen and oxygen atoms in total. The highest BCUT2D eigenvalue weighted by atomic mass is 35.5. The fraction of sp³-hybridized carbons (Fsp3) is 0.462. The summed E-state index contributed by atoms with van der Waals surface area (Å²) in [6.07, 6.45) is 0.986. The second-order valence-corrected chi connectivity index (χ2v) is 4.16. The van der Waals surface area contributed by atoms with Crippen LogP contribution in [0.15, 0.2) is 24.3 Å². The van der Waals surface area contributed by atoms with Crippen molar-refractivity contribution in [1.82, 2.24) is 0 Å². The minimum absolute atomic E-state index is 0. The molecule has 0 amide bonds. The Morgan fingerprint density at radius 2 is 1.75 bits per heavy atom. The lowest BCUT2D eigenvalue weighted by Gasteiger charge is -2.16. The molecule has 0 aliphatic heterocycles. The first-order valence-electron chi connectivity index (χ1n) is 5.38. The lowest BCUT2D eigenvalue weighted by Crippen LogP contribution is -2.17. The van der Waals surface area contributed by atoms with Gasteiger partial charge in [-0.25, -0.2) is 0 Å². The van der Waals surface area contributed by atoms with Crippen molar-refractivity contribution in [1.29, 1.82) is 0 Å². The highest BCUT2D eigenvalue weighted by Crippen LogP contribution is 2.24. The van der Waals surface area contributed by atoms with Crippen LogP contribution in [0.5, 0.6) is 0 Å². The molecule has 0 saturated heterocycles. The molecular weight excluding hydrogens is 224 g/mol. The summed E-state index contributed by atoms with van der Waals surface area (Å²) in [5, 5.41) is 9.12. The van der Waals surface area contributed by atoms with E-state index in [0.29, 0.717) is 0 Å². The minimum atomic E-state index is -0.741. The predicted octanol–water partition coefficient (Wildman–Crippen LogP) is 3.50. The number of hydrogen-bond donors (Lipinski definition) is 1. The quantitative estimate of drug-likeness (QED) is 0.878. The monoisotopic (exact) mass is 242 g/mol. The SMILES string of the molecule is CCc1ccc(C(C(=O)O)C(C)C)cc1.Cl. The van der Waals surface area contributed by atoms with Crippen molar-refractivity contribution >= 4 is 18.4 Å². The largest absolute Gasteiger partial charge is 0.481 e. The molecule has 1 atom stereocenters. The molecule has 0 fully saturated rings. The van der Waals surface area contributed by atoms with E-state index in [2.05, 4.69) is 6.92 Å². The summed E-state index contributed by atoms with van der Waals surface area (Å²) in [5.74, 6) is -1.01. The van der Waals surface area contributed by atoms with Crippen LogP contribution in [0.3, 0.4) is 0 Å². The van der Waals surface area contributed by atoms with Gasteiger partial charge in [0, 0.05) is 0 Å². The highest BCUT2D eigenvalue weighted by molar-refractivity contribution is 5.85. The van der Waals surface area contributed by atoms with E-state index in [0.717, 1.165) is 12.0 Å². The maximum Gasteiger partial charge on any atom is 0.311 e. The molecule has 0 bridgehead atoms. The molecule has 0 aliphatic rings. The normalized spacial score (nSPS) is 12.0. The standard InChI is InChI=1S/C13H18O2.ClH/c1-4-10-5-7-11(8-6-10)12(9(2)3)13(14)15;/h5-9,12H,4H2,1-3H3,(H,14,15);1H. The van der Waals surface area contributed by atoms with Crippen LogP contribution in [0.25, 0.3) is 0 Å². The summed E-state index contributed by atoms with van der Waals surface area (Å²) in [6.45, 7) is 5.96. The first-order valence-corrected chi connectivity index (χ1v) is 5.38. The van der Waals surface area contributed by atoms with Crippen molar-refractivity contribution < 1.29 is 9.90 Å². The van der Waals surface area contributed by atoms with Gasteiger partial charge in [-0.3, -0.25) is 4.79 Å². The molecule has 0 aliphatic carbocycles. The molecule has 90 valence electrons. The van der Waals surface area contributed by atoms with Gasteiger partial charge >= 0.3 is 5.97 Å². The van der Waals surface area contributed by atoms with Crippen LogP contribution in [0.2, 0.25) is 0 Å². The summed E-state index contributed by atoms with van der Waals surface area (Å²) in [7, 11) is 0.